The van der Waals surface area contributed by atoms with Gasteiger partial charge in [-0.25, -0.2) is 8.78 Å². The number of hydrogen-bond acceptors (Lipinski definition) is 1. The van der Waals surface area contributed by atoms with Crippen LogP contribution in [-0.2, 0) is 0 Å². The summed E-state index contributed by atoms with van der Waals surface area (Å²) in [4.78, 5) is 0. The zero-order valence-corrected chi connectivity index (χ0v) is 10.1. The first-order valence-corrected chi connectivity index (χ1v) is 5.75. The third-order valence-corrected chi connectivity index (χ3v) is 3.08. The van der Waals surface area contributed by atoms with E-state index in [0.29, 0.717) is 11.5 Å². The number of benzene rings is 1. The Morgan fingerprint density at radius 3 is 1.94 bits per heavy atom. The molecule has 0 aliphatic carbocycles. The van der Waals surface area contributed by atoms with Gasteiger partial charge in [-0.15, -0.1) is 0 Å². The highest BCUT2D eigenvalue weighted by atomic mass is 19.1. The standard InChI is InChI=1S/C13H19F2N/c1-4-9(5-2)13(16-3)10-6-11(14)8-12(15)7-10/h6-9,13,16H,4-5H2,1-3H3. The van der Waals surface area contributed by atoms with Crippen molar-refractivity contribution in [1.29, 1.82) is 0 Å². The Morgan fingerprint density at radius 1 is 1.06 bits per heavy atom. The molecule has 90 valence electrons. The van der Waals surface area contributed by atoms with E-state index >= 15 is 0 Å². The Hall–Kier alpha value is -0.960. The molecule has 0 saturated carbocycles. The lowest BCUT2D eigenvalue weighted by Gasteiger charge is -2.25. The summed E-state index contributed by atoms with van der Waals surface area (Å²) in [5.74, 6) is -0.631. The second kappa shape index (κ2) is 5.94. The summed E-state index contributed by atoms with van der Waals surface area (Å²) in [6, 6.07) is 3.73. The average molecular weight is 227 g/mol. The van der Waals surface area contributed by atoms with Gasteiger partial charge in [-0.2, -0.15) is 0 Å². The SMILES string of the molecule is CCC(CC)C(NC)c1cc(F)cc(F)c1. The van der Waals surface area contributed by atoms with Crippen LogP contribution in [-0.4, -0.2) is 7.05 Å². The van der Waals surface area contributed by atoms with Crippen LogP contribution in [0.3, 0.4) is 0 Å². The number of halogens is 2. The lowest BCUT2D eigenvalue weighted by atomic mass is 9.89. The third kappa shape index (κ3) is 3.01. The van der Waals surface area contributed by atoms with E-state index in [-0.39, 0.29) is 6.04 Å². The van der Waals surface area contributed by atoms with Crippen LogP contribution in [0.15, 0.2) is 18.2 Å². The molecule has 1 unspecified atom stereocenters. The first-order valence-electron chi connectivity index (χ1n) is 5.75. The van der Waals surface area contributed by atoms with Crippen molar-refractivity contribution in [3.63, 3.8) is 0 Å². The summed E-state index contributed by atoms with van der Waals surface area (Å²) in [6.45, 7) is 4.18. The fraction of sp³-hybridized carbons (Fsp3) is 0.538. The van der Waals surface area contributed by atoms with E-state index < -0.39 is 11.6 Å². The predicted octanol–water partition coefficient (Wildman–Crippen LogP) is 3.66. The molecule has 0 radical (unpaired) electrons. The summed E-state index contributed by atoms with van der Waals surface area (Å²) in [5.41, 5.74) is 0.689. The van der Waals surface area contributed by atoms with Crippen LogP contribution >= 0.6 is 0 Å². The van der Waals surface area contributed by atoms with Crippen LogP contribution < -0.4 is 5.32 Å². The molecule has 3 heteroatoms. The average Bonchev–Trinajstić information content (AvgIpc) is 2.24. The van der Waals surface area contributed by atoms with Crippen molar-refractivity contribution < 1.29 is 8.78 Å². The zero-order chi connectivity index (χ0) is 12.1. The van der Waals surface area contributed by atoms with Gasteiger partial charge in [-0.05, 0) is 30.7 Å². The van der Waals surface area contributed by atoms with Gasteiger partial charge in [-0.1, -0.05) is 26.7 Å². The van der Waals surface area contributed by atoms with E-state index in [9.17, 15) is 8.78 Å². The Balaban J connectivity index is 3.02. The highest BCUT2D eigenvalue weighted by Crippen LogP contribution is 2.27. The number of rotatable bonds is 5. The molecule has 1 N–H and O–H groups in total. The maximum absolute atomic E-state index is 13.1. The van der Waals surface area contributed by atoms with Gasteiger partial charge in [-0.3, -0.25) is 0 Å². The highest BCUT2D eigenvalue weighted by molar-refractivity contribution is 5.22. The van der Waals surface area contributed by atoms with Crippen LogP contribution in [0, 0.1) is 17.6 Å². The van der Waals surface area contributed by atoms with Gasteiger partial charge in [0.15, 0.2) is 0 Å². The van der Waals surface area contributed by atoms with Crippen molar-refractivity contribution in [2.45, 2.75) is 32.7 Å². The minimum atomic E-state index is -0.513. The van der Waals surface area contributed by atoms with Gasteiger partial charge in [0.2, 0.25) is 0 Å². The van der Waals surface area contributed by atoms with Gasteiger partial charge >= 0.3 is 0 Å². The molecule has 1 aromatic carbocycles. The van der Waals surface area contributed by atoms with Crippen LogP contribution in [0.5, 0.6) is 0 Å². The van der Waals surface area contributed by atoms with Crippen LogP contribution in [0.1, 0.15) is 38.3 Å². The molecule has 0 aliphatic heterocycles. The Bertz CT molecular complexity index is 314. The molecule has 0 heterocycles. The van der Waals surface area contributed by atoms with Crippen molar-refractivity contribution in [3.8, 4) is 0 Å². The minimum Gasteiger partial charge on any atom is -0.313 e. The predicted molar refractivity (Wildman–Crippen MR) is 62.2 cm³/mol. The molecule has 0 spiro atoms. The normalized spacial score (nSPS) is 13.1. The first kappa shape index (κ1) is 13.1. The number of hydrogen-bond donors (Lipinski definition) is 1. The molecule has 0 saturated heterocycles. The van der Waals surface area contributed by atoms with Gasteiger partial charge in [0.25, 0.3) is 0 Å². The molecule has 1 rings (SSSR count). The first-order chi connectivity index (χ1) is 7.62. The summed E-state index contributed by atoms with van der Waals surface area (Å²) in [6.07, 6.45) is 1.97. The largest absolute Gasteiger partial charge is 0.313 e. The molecule has 16 heavy (non-hydrogen) atoms. The van der Waals surface area contributed by atoms with Crippen molar-refractivity contribution in [1.82, 2.24) is 5.32 Å². The Kier molecular flexibility index (Phi) is 4.87. The summed E-state index contributed by atoms with van der Waals surface area (Å²) < 4.78 is 26.3. The van der Waals surface area contributed by atoms with Gasteiger partial charge in [0.1, 0.15) is 11.6 Å². The monoisotopic (exact) mass is 227 g/mol. The number of nitrogens with one attached hydrogen (secondary N) is 1. The van der Waals surface area contributed by atoms with E-state index in [0.717, 1.165) is 18.9 Å². The maximum Gasteiger partial charge on any atom is 0.126 e. The Labute approximate surface area is 95.9 Å². The summed E-state index contributed by atoms with van der Waals surface area (Å²) >= 11 is 0. The molecular formula is C13H19F2N. The smallest absolute Gasteiger partial charge is 0.126 e. The molecule has 1 nitrogen and oxygen atoms in total. The topological polar surface area (TPSA) is 12.0 Å². The molecule has 1 atom stereocenters. The van der Waals surface area contributed by atoms with Crippen LogP contribution in [0.2, 0.25) is 0 Å². The van der Waals surface area contributed by atoms with Crippen LogP contribution in [0.4, 0.5) is 8.78 Å². The molecule has 0 bridgehead atoms. The van der Waals surface area contributed by atoms with Crippen molar-refractivity contribution in [2.75, 3.05) is 7.05 Å². The minimum absolute atomic E-state index is 0.0141. The zero-order valence-electron chi connectivity index (χ0n) is 10.1. The molecule has 0 amide bonds. The van der Waals surface area contributed by atoms with Crippen molar-refractivity contribution in [2.24, 2.45) is 5.92 Å². The van der Waals surface area contributed by atoms with Gasteiger partial charge in [0.05, 0.1) is 0 Å². The second-order valence-electron chi connectivity index (χ2n) is 4.05. The van der Waals surface area contributed by atoms with Gasteiger partial charge < -0.3 is 5.32 Å². The molecule has 0 aliphatic rings. The van der Waals surface area contributed by atoms with E-state index in [4.69, 9.17) is 0 Å². The summed E-state index contributed by atoms with van der Waals surface area (Å²) in [7, 11) is 1.83. The summed E-state index contributed by atoms with van der Waals surface area (Å²) in [5, 5.41) is 3.14. The van der Waals surface area contributed by atoms with E-state index in [1.54, 1.807) is 0 Å². The van der Waals surface area contributed by atoms with Crippen molar-refractivity contribution in [3.05, 3.63) is 35.4 Å². The van der Waals surface area contributed by atoms with E-state index in [1.165, 1.54) is 12.1 Å². The quantitative estimate of drug-likeness (QED) is 0.809. The Morgan fingerprint density at radius 2 is 1.56 bits per heavy atom. The van der Waals surface area contributed by atoms with E-state index in [1.807, 2.05) is 7.05 Å². The fourth-order valence-electron chi connectivity index (χ4n) is 2.19. The van der Waals surface area contributed by atoms with Crippen LogP contribution in [0.25, 0.3) is 0 Å². The van der Waals surface area contributed by atoms with Crippen molar-refractivity contribution >= 4 is 0 Å². The second-order valence-corrected chi connectivity index (χ2v) is 4.05. The van der Waals surface area contributed by atoms with Gasteiger partial charge in [0, 0.05) is 12.1 Å². The highest BCUT2D eigenvalue weighted by Gasteiger charge is 2.19. The maximum atomic E-state index is 13.1. The molecule has 0 fully saturated rings. The lowest BCUT2D eigenvalue weighted by molar-refractivity contribution is 0.357. The molecule has 0 aromatic heterocycles. The lowest BCUT2D eigenvalue weighted by Crippen LogP contribution is -2.24. The molecule has 1 aromatic rings. The van der Waals surface area contributed by atoms with E-state index in [2.05, 4.69) is 19.2 Å². The third-order valence-electron chi connectivity index (χ3n) is 3.08. The molecular weight excluding hydrogens is 208 g/mol. The fourth-order valence-corrected chi connectivity index (χ4v) is 2.19.